The van der Waals surface area contributed by atoms with Gasteiger partial charge in [0.25, 0.3) is 0 Å². The Morgan fingerprint density at radius 2 is 2.17 bits per heavy atom. The molecule has 0 saturated heterocycles. The van der Waals surface area contributed by atoms with E-state index in [0.29, 0.717) is 18.3 Å². The molecule has 0 bridgehead atoms. The molecule has 3 nitrogen and oxygen atoms in total. The zero-order valence-electron chi connectivity index (χ0n) is 8.04. The van der Waals surface area contributed by atoms with Crippen molar-refractivity contribution in [3.8, 4) is 0 Å². The Labute approximate surface area is 76.9 Å². The molecule has 0 rings (SSSR count). The van der Waals surface area contributed by atoms with Gasteiger partial charge in [0.1, 0.15) is 0 Å². The average Bonchev–Trinajstić information content (AvgIpc) is 1.97. The molecule has 1 unspecified atom stereocenters. The molecular formula is C8H18N2OS. The van der Waals surface area contributed by atoms with Crippen LogP contribution in [0.5, 0.6) is 0 Å². The Morgan fingerprint density at radius 3 is 2.58 bits per heavy atom. The molecule has 0 aromatic carbocycles. The predicted molar refractivity (Wildman–Crippen MR) is 54.9 cm³/mol. The lowest BCUT2D eigenvalue weighted by Gasteiger charge is -2.02. The second-order valence-electron chi connectivity index (χ2n) is 3.09. The highest BCUT2D eigenvalue weighted by atomic mass is 32.2. The molecule has 0 aromatic heterocycles. The predicted octanol–water partition coefficient (Wildman–Crippen LogP) is 0.768. The summed E-state index contributed by atoms with van der Waals surface area (Å²) in [5.41, 5.74) is 5.61. The molecular weight excluding hydrogens is 172 g/mol. The average molecular weight is 190 g/mol. The van der Waals surface area contributed by atoms with Gasteiger partial charge in [0, 0.05) is 35.3 Å². The van der Waals surface area contributed by atoms with Crippen molar-refractivity contribution in [2.75, 3.05) is 18.6 Å². The topological polar surface area (TPSA) is 55.4 Å². The Morgan fingerprint density at radius 1 is 1.58 bits per heavy atom. The Hall–Kier alpha value is -0.380. The van der Waals surface area contributed by atoms with Gasteiger partial charge in [-0.2, -0.15) is 0 Å². The van der Waals surface area contributed by atoms with Crippen molar-refractivity contribution in [2.24, 2.45) is 16.6 Å². The monoisotopic (exact) mass is 190 g/mol. The van der Waals surface area contributed by atoms with Crippen molar-refractivity contribution >= 4 is 16.6 Å². The summed E-state index contributed by atoms with van der Waals surface area (Å²) in [5.74, 6) is 1.73. The quantitative estimate of drug-likeness (QED) is 0.395. The van der Waals surface area contributed by atoms with Crippen LogP contribution in [0, 0.1) is 5.92 Å². The molecule has 12 heavy (non-hydrogen) atoms. The van der Waals surface area contributed by atoms with Crippen molar-refractivity contribution in [1.29, 1.82) is 0 Å². The second kappa shape index (κ2) is 6.17. The normalized spacial score (nSPS) is 15.2. The van der Waals surface area contributed by atoms with Gasteiger partial charge in [-0.3, -0.25) is 9.20 Å². The largest absolute Gasteiger partial charge is 0.387 e. The van der Waals surface area contributed by atoms with Crippen LogP contribution in [0.15, 0.2) is 4.99 Å². The summed E-state index contributed by atoms with van der Waals surface area (Å²) in [4.78, 5) is 4.16. The first kappa shape index (κ1) is 11.6. The van der Waals surface area contributed by atoms with Crippen molar-refractivity contribution in [3.63, 3.8) is 0 Å². The van der Waals surface area contributed by atoms with Gasteiger partial charge in [0.05, 0.1) is 5.84 Å². The second-order valence-corrected chi connectivity index (χ2v) is 4.65. The van der Waals surface area contributed by atoms with Crippen LogP contribution in [-0.2, 0) is 10.8 Å². The lowest BCUT2D eigenvalue weighted by Crippen LogP contribution is -2.19. The van der Waals surface area contributed by atoms with Crippen molar-refractivity contribution in [1.82, 2.24) is 0 Å². The van der Waals surface area contributed by atoms with E-state index in [4.69, 9.17) is 5.73 Å². The molecule has 1 atom stereocenters. The van der Waals surface area contributed by atoms with Gasteiger partial charge in [-0.1, -0.05) is 13.8 Å². The Bertz CT molecular complexity index is 178. The number of nitrogens with two attached hydrogens (primary N) is 1. The van der Waals surface area contributed by atoms with Gasteiger partial charge in [-0.05, 0) is 6.42 Å². The molecule has 0 aliphatic carbocycles. The molecule has 0 aliphatic heterocycles. The minimum atomic E-state index is -0.701. The van der Waals surface area contributed by atoms with Gasteiger partial charge in [-0.15, -0.1) is 0 Å². The van der Waals surface area contributed by atoms with Crippen molar-refractivity contribution in [3.05, 3.63) is 0 Å². The molecule has 72 valence electrons. The summed E-state index contributed by atoms with van der Waals surface area (Å²) in [5, 5.41) is 0. The molecule has 0 spiro atoms. The lowest BCUT2D eigenvalue weighted by molar-refractivity contribution is 0.684. The summed E-state index contributed by atoms with van der Waals surface area (Å²) in [6.45, 7) is 4.72. The fourth-order valence-corrected chi connectivity index (χ4v) is 1.19. The molecule has 0 saturated carbocycles. The Balaban J connectivity index is 3.53. The van der Waals surface area contributed by atoms with Crippen LogP contribution in [-0.4, -0.2) is 28.6 Å². The summed E-state index contributed by atoms with van der Waals surface area (Å²) >= 11 is 0. The lowest BCUT2D eigenvalue weighted by atomic mass is 10.2. The Kier molecular flexibility index (Phi) is 5.98. The first-order valence-electron chi connectivity index (χ1n) is 4.14. The number of aliphatic imine (C=N–C) groups is 1. The van der Waals surface area contributed by atoms with Crippen LogP contribution in [0.25, 0.3) is 0 Å². The maximum Gasteiger partial charge on any atom is 0.0962 e. The summed E-state index contributed by atoms with van der Waals surface area (Å²) < 4.78 is 10.7. The molecule has 2 N–H and O–H groups in total. The minimum absolute atomic E-state index is 0.317. The number of hydrogen-bond donors (Lipinski definition) is 1. The zero-order valence-corrected chi connectivity index (χ0v) is 8.86. The summed E-state index contributed by atoms with van der Waals surface area (Å²) in [6, 6.07) is 0. The van der Waals surface area contributed by atoms with E-state index in [1.165, 1.54) is 0 Å². The molecule has 0 amide bonds. The van der Waals surface area contributed by atoms with E-state index >= 15 is 0 Å². The van der Waals surface area contributed by atoms with Crippen molar-refractivity contribution < 1.29 is 4.21 Å². The van der Waals surface area contributed by atoms with Crippen molar-refractivity contribution in [2.45, 2.75) is 20.3 Å². The maximum absolute atomic E-state index is 10.7. The van der Waals surface area contributed by atoms with Crippen LogP contribution >= 0.6 is 0 Å². The van der Waals surface area contributed by atoms with E-state index in [9.17, 15) is 4.21 Å². The third-order valence-corrected chi connectivity index (χ3v) is 2.34. The molecule has 0 fully saturated rings. The molecule has 0 aromatic rings. The van der Waals surface area contributed by atoms with E-state index in [-0.39, 0.29) is 0 Å². The summed E-state index contributed by atoms with van der Waals surface area (Å²) in [6.07, 6.45) is 2.56. The number of nitrogens with zero attached hydrogens (tertiary/aromatic N) is 1. The fraction of sp³-hybridized carbons (Fsp3) is 0.875. The third-order valence-electron chi connectivity index (χ3n) is 1.48. The van der Waals surface area contributed by atoms with Gasteiger partial charge in [0.2, 0.25) is 0 Å². The van der Waals surface area contributed by atoms with Gasteiger partial charge < -0.3 is 5.73 Å². The maximum atomic E-state index is 10.7. The SMILES string of the molecule is CC(C)C(N)=NCCCS(C)=O. The highest BCUT2D eigenvalue weighted by Gasteiger charge is 1.97. The van der Waals surface area contributed by atoms with Crippen LogP contribution in [0.4, 0.5) is 0 Å². The number of amidine groups is 1. The third kappa shape index (κ3) is 6.34. The zero-order chi connectivity index (χ0) is 9.56. The minimum Gasteiger partial charge on any atom is -0.387 e. The highest BCUT2D eigenvalue weighted by Crippen LogP contribution is 1.92. The first-order valence-corrected chi connectivity index (χ1v) is 5.86. The van der Waals surface area contributed by atoms with Crippen LogP contribution < -0.4 is 5.73 Å². The molecule has 4 heteroatoms. The van der Waals surface area contributed by atoms with Gasteiger partial charge in [-0.25, -0.2) is 0 Å². The number of rotatable bonds is 5. The molecule has 0 radical (unpaired) electrons. The molecule has 0 heterocycles. The molecule has 0 aliphatic rings. The van der Waals surface area contributed by atoms with Gasteiger partial charge in [0.15, 0.2) is 0 Å². The van der Waals surface area contributed by atoms with E-state index in [2.05, 4.69) is 4.99 Å². The highest BCUT2D eigenvalue weighted by molar-refractivity contribution is 7.84. The van der Waals surface area contributed by atoms with Crippen LogP contribution in [0.2, 0.25) is 0 Å². The van der Waals surface area contributed by atoms with E-state index in [1.807, 2.05) is 13.8 Å². The number of hydrogen-bond acceptors (Lipinski definition) is 2. The standard InChI is InChI=1S/C8H18N2OS/c1-7(2)8(9)10-5-4-6-12(3)11/h7H,4-6H2,1-3H3,(H2,9,10). The first-order chi connectivity index (χ1) is 5.54. The van der Waals surface area contributed by atoms with Crippen LogP contribution in [0.1, 0.15) is 20.3 Å². The fourth-order valence-electron chi connectivity index (χ4n) is 0.659. The van der Waals surface area contributed by atoms with E-state index in [1.54, 1.807) is 6.26 Å². The smallest absolute Gasteiger partial charge is 0.0962 e. The summed E-state index contributed by atoms with van der Waals surface area (Å²) in [7, 11) is -0.701. The van der Waals surface area contributed by atoms with E-state index in [0.717, 1.165) is 12.2 Å². The van der Waals surface area contributed by atoms with Crippen LogP contribution in [0.3, 0.4) is 0 Å². The van der Waals surface area contributed by atoms with E-state index < -0.39 is 10.8 Å². The van der Waals surface area contributed by atoms with Gasteiger partial charge >= 0.3 is 0 Å².